The summed E-state index contributed by atoms with van der Waals surface area (Å²) in [6.07, 6.45) is 0. The van der Waals surface area contributed by atoms with E-state index in [9.17, 15) is 17.8 Å². The van der Waals surface area contributed by atoms with Crippen LogP contribution in [0.2, 0.25) is 5.02 Å². The first kappa shape index (κ1) is 15.0. The van der Waals surface area contributed by atoms with Gasteiger partial charge < -0.3 is 14.8 Å². The Morgan fingerprint density at radius 3 is 2.45 bits per heavy atom. The number of pyridine rings is 1. The summed E-state index contributed by atoms with van der Waals surface area (Å²) < 4.78 is 34.5. The first-order chi connectivity index (χ1) is 9.18. The van der Waals surface area contributed by atoms with Gasteiger partial charge in [0.1, 0.15) is 5.30 Å². The predicted octanol–water partition coefficient (Wildman–Crippen LogP) is -0.0772. The lowest BCUT2D eigenvalue weighted by atomic mass is 10.2. The van der Waals surface area contributed by atoms with Crippen LogP contribution in [0, 0.1) is 0 Å². The monoisotopic (exact) mass is 338 g/mol. The molecule has 1 aromatic heterocycles. The predicted molar refractivity (Wildman–Crippen MR) is 75.2 cm³/mol. The number of thiol groups is 1. The number of anilines is 1. The number of fused-ring (bicyclic) bond motifs is 1. The summed E-state index contributed by atoms with van der Waals surface area (Å²) in [7, 11) is -7.68. The Kier molecular flexibility index (Phi) is 3.90. The maximum atomic E-state index is 11.6. The molecule has 0 unspecified atom stereocenters. The van der Waals surface area contributed by atoms with Crippen molar-refractivity contribution in [1.29, 1.82) is 0 Å². The van der Waals surface area contributed by atoms with Gasteiger partial charge in [-0.1, -0.05) is 11.6 Å². The summed E-state index contributed by atoms with van der Waals surface area (Å²) in [5.41, 5.74) is -0.666. The van der Waals surface area contributed by atoms with Crippen LogP contribution in [-0.4, -0.2) is 23.2 Å². The Bertz CT molecular complexity index is 863. The van der Waals surface area contributed by atoms with E-state index in [-0.39, 0.29) is 21.6 Å². The van der Waals surface area contributed by atoms with Crippen molar-refractivity contribution in [3.05, 3.63) is 33.6 Å². The number of aromatic amines is 1. The lowest BCUT2D eigenvalue weighted by molar-refractivity contribution is 0.387. The van der Waals surface area contributed by atoms with Crippen LogP contribution in [0.4, 0.5) is 5.69 Å². The zero-order valence-electron chi connectivity index (χ0n) is 9.53. The molecule has 0 bridgehead atoms. The normalized spacial score (nSPS) is 12.0. The smallest absolute Gasteiger partial charge is 0.321 e. The Morgan fingerprint density at radius 1 is 1.25 bits per heavy atom. The Morgan fingerprint density at radius 2 is 1.90 bits per heavy atom. The fourth-order valence-electron chi connectivity index (χ4n) is 1.62. The van der Waals surface area contributed by atoms with E-state index in [0.29, 0.717) is 0 Å². The summed E-state index contributed by atoms with van der Waals surface area (Å²) in [6, 6.07) is 3.54. The summed E-state index contributed by atoms with van der Waals surface area (Å²) in [5, 5.41) is -0.437. The SMILES string of the molecule is O=c1[nH]c2cc(Cl)c(N[SH](=O)=O)cc2cc1P(=O)(O)O. The molecule has 1 aromatic carbocycles. The molecule has 2 rings (SSSR count). The molecule has 0 saturated heterocycles. The first-order valence-corrected chi connectivity index (χ1v) is 8.19. The van der Waals surface area contributed by atoms with Crippen LogP contribution >= 0.6 is 19.2 Å². The number of halogens is 1. The van der Waals surface area contributed by atoms with E-state index in [2.05, 4.69) is 9.71 Å². The van der Waals surface area contributed by atoms with E-state index in [4.69, 9.17) is 21.4 Å². The number of benzene rings is 1. The van der Waals surface area contributed by atoms with E-state index < -0.39 is 29.3 Å². The lowest BCUT2D eigenvalue weighted by Crippen LogP contribution is -2.26. The first-order valence-electron chi connectivity index (χ1n) is 5.02. The summed E-state index contributed by atoms with van der Waals surface area (Å²) >= 11 is 5.82. The Labute approximate surface area is 118 Å². The number of hydrogen-bond donors (Lipinski definition) is 5. The standard InChI is InChI=1S/C9H8ClN2O6PS/c10-5-3-6-4(1-7(5)12-20(17)18)2-8(9(13)11-6)19(14,15)16/h1-3,20H,(H,11,13)(H,12,17,18)(H2,14,15,16). The molecule has 0 aliphatic carbocycles. The summed E-state index contributed by atoms with van der Waals surface area (Å²) in [4.78, 5) is 31.9. The van der Waals surface area contributed by atoms with Gasteiger partial charge in [-0.05, 0) is 18.2 Å². The van der Waals surface area contributed by atoms with Gasteiger partial charge in [-0.25, -0.2) is 8.42 Å². The van der Waals surface area contributed by atoms with Gasteiger partial charge in [-0.2, -0.15) is 0 Å². The van der Waals surface area contributed by atoms with Crippen molar-refractivity contribution in [3.8, 4) is 0 Å². The summed E-state index contributed by atoms with van der Waals surface area (Å²) in [6.45, 7) is 0. The second kappa shape index (κ2) is 5.19. The van der Waals surface area contributed by atoms with Crippen LogP contribution in [0.5, 0.6) is 0 Å². The fraction of sp³-hybridized carbons (Fsp3) is 0. The zero-order chi connectivity index (χ0) is 15.1. The molecule has 0 saturated carbocycles. The molecule has 8 nitrogen and oxygen atoms in total. The largest absolute Gasteiger partial charge is 0.361 e. The highest BCUT2D eigenvalue weighted by molar-refractivity contribution is 7.73. The van der Waals surface area contributed by atoms with Gasteiger partial charge >= 0.3 is 7.60 Å². The highest BCUT2D eigenvalue weighted by Crippen LogP contribution is 2.33. The molecule has 1 heterocycles. The van der Waals surface area contributed by atoms with Crippen molar-refractivity contribution in [2.24, 2.45) is 0 Å². The number of aromatic nitrogens is 1. The van der Waals surface area contributed by atoms with Crippen LogP contribution in [0.3, 0.4) is 0 Å². The second-order valence-corrected chi connectivity index (χ2v) is 6.53. The van der Waals surface area contributed by atoms with Gasteiger partial charge in [0.2, 0.25) is 10.9 Å². The molecule has 11 heteroatoms. The van der Waals surface area contributed by atoms with Crippen molar-refractivity contribution < 1.29 is 22.8 Å². The van der Waals surface area contributed by atoms with Crippen molar-refractivity contribution in [2.75, 3.05) is 4.72 Å². The molecule has 0 aliphatic rings. The van der Waals surface area contributed by atoms with Crippen LogP contribution in [-0.2, 0) is 15.5 Å². The molecule has 0 amide bonds. The van der Waals surface area contributed by atoms with Crippen molar-refractivity contribution in [2.45, 2.75) is 0 Å². The van der Waals surface area contributed by atoms with Gasteiger partial charge in [-0.15, -0.1) is 0 Å². The third-order valence-corrected chi connectivity index (χ3v) is 4.13. The Balaban J connectivity index is 2.76. The van der Waals surface area contributed by atoms with Crippen LogP contribution in [0.25, 0.3) is 10.9 Å². The molecule has 20 heavy (non-hydrogen) atoms. The van der Waals surface area contributed by atoms with Crippen molar-refractivity contribution >= 4 is 52.0 Å². The zero-order valence-corrected chi connectivity index (χ0v) is 12.1. The number of hydrogen-bond acceptors (Lipinski definition) is 4. The molecule has 108 valence electrons. The topological polar surface area (TPSA) is 137 Å². The van der Waals surface area contributed by atoms with E-state index in [1.54, 1.807) is 0 Å². The molecule has 4 N–H and O–H groups in total. The van der Waals surface area contributed by atoms with Crippen molar-refractivity contribution in [1.82, 2.24) is 4.98 Å². The third kappa shape index (κ3) is 3.02. The summed E-state index contributed by atoms with van der Waals surface area (Å²) in [5.74, 6) is 0. The molecular formula is C9H8ClN2O6PS. The Hall–Kier alpha value is -1.38. The fourth-order valence-corrected chi connectivity index (χ4v) is 2.90. The van der Waals surface area contributed by atoms with E-state index in [1.165, 1.54) is 12.1 Å². The number of H-pyrrole nitrogens is 1. The number of rotatable bonds is 3. The van der Waals surface area contributed by atoms with E-state index in [0.717, 1.165) is 6.07 Å². The van der Waals surface area contributed by atoms with Gasteiger partial charge in [0, 0.05) is 10.9 Å². The minimum atomic E-state index is -4.73. The van der Waals surface area contributed by atoms with Gasteiger partial charge in [0.25, 0.3) is 5.56 Å². The van der Waals surface area contributed by atoms with Crippen molar-refractivity contribution in [3.63, 3.8) is 0 Å². The molecule has 0 aliphatic heterocycles. The molecule has 0 fully saturated rings. The third-order valence-electron chi connectivity index (χ3n) is 2.44. The van der Waals surface area contributed by atoms with Crippen LogP contribution < -0.4 is 15.6 Å². The maximum absolute atomic E-state index is 11.6. The average molecular weight is 339 g/mol. The van der Waals surface area contributed by atoms with Crippen LogP contribution in [0.15, 0.2) is 23.0 Å². The average Bonchev–Trinajstić information content (AvgIpc) is 2.27. The minimum Gasteiger partial charge on any atom is -0.321 e. The molecule has 0 radical (unpaired) electrons. The highest BCUT2D eigenvalue weighted by atomic mass is 35.5. The van der Waals surface area contributed by atoms with Gasteiger partial charge in [-0.3, -0.25) is 14.1 Å². The van der Waals surface area contributed by atoms with E-state index >= 15 is 0 Å². The maximum Gasteiger partial charge on any atom is 0.361 e. The molecule has 0 atom stereocenters. The molecular weight excluding hydrogens is 331 g/mol. The van der Waals surface area contributed by atoms with Crippen LogP contribution in [0.1, 0.15) is 0 Å². The number of nitrogens with one attached hydrogen (secondary N) is 2. The lowest BCUT2D eigenvalue weighted by Gasteiger charge is -2.08. The molecule has 2 aromatic rings. The van der Waals surface area contributed by atoms with E-state index in [1.807, 2.05) is 0 Å². The molecule has 0 spiro atoms. The minimum absolute atomic E-state index is 0.0382. The highest BCUT2D eigenvalue weighted by Gasteiger charge is 2.22. The van der Waals surface area contributed by atoms with Gasteiger partial charge in [0.15, 0.2) is 0 Å². The second-order valence-electron chi connectivity index (χ2n) is 3.82. The quantitative estimate of drug-likeness (QED) is 0.392. The van der Waals surface area contributed by atoms with Gasteiger partial charge in [0.05, 0.1) is 10.7 Å².